The zero-order valence-corrected chi connectivity index (χ0v) is 17.1. The molecular formula is C19H18ClN3O5S. The second-order valence-corrected chi connectivity index (χ2v) is 7.87. The maximum atomic E-state index is 12.6. The summed E-state index contributed by atoms with van der Waals surface area (Å²) in [6.45, 7) is 1.81. The number of amides is 1. The number of nitro groups is 1. The number of ether oxygens (including phenoxy) is 1. The van der Waals surface area contributed by atoms with E-state index in [-0.39, 0.29) is 16.8 Å². The fourth-order valence-electron chi connectivity index (χ4n) is 2.93. The Kier molecular flexibility index (Phi) is 6.60. The molecule has 0 unspecified atom stereocenters. The van der Waals surface area contributed by atoms with Gasteiger partial charge in [0.2, 0.25) is 0 Å². The average molecular weight is 436 g/mol. The Morgan fingerprint density at radius 1 is 1.17 bits per heavy atom. The first-order valence-corrected chi connectivity index (χ1v) is 10.2. The van der Waals surface area contributed by atoms with Crippen molar-refractivity contribution in [2.75, 3.05) is 41.9 Å². The molecule has 0 aromatic heterocycles. The highest BCUT2D eigenvalue weighted by Crippen LogP contribution is 2.31. The minimum absolute atomic E-state index is 0.0344. The summed E-state index contributed by atoms with van der Waals surface area (Å²) < 4.78 is 4.59. The first-order valence-electron chi connectivity index (χ1n) is 8.70. The molecule has 1 heterocycles. The zero-order chi connectivity index (χ0) is 21.0. The van der Waals surface area contributed by atoms with Crippen LogP contribution < -0.4 is 10.2 Å². The smallest absolute Gasteiger partial charge is 0.338 e. The molecule has 1 aliphatic heterocycles. The Morgan fingerprint density at radius 3 is 2.48 bits per heavy atom. The van der Waals surface area contributed by atoms with E-state index in [9.17, 15) is 19.7 Å². The fourth-order valence-corrected chi connectivity index (χ4v) is 4.14. The molecule has 0 atom stereocenters. The molecule has 29 heavy (non-hydrogen) atoms. The van der Waals surface area contributed by atoms with Crippen molar-refractivity contribution in [2.24, 2.45) is 0 Å². The molecule has 152 valence electrons. The van der Waals surface area contributed by atoms with Crippen molar-refractivity contribution < 1.29 is 19.2 Å². The van der Waals surface area contributed by atoms with Gasteiger partial charge in [0.05, 0.1) is 28.3 Å². The molecule has 1 amide bonds. The van der Waals surface area contributed by atoms with Gasteiger partial charge in [0.25, 0.3) is 11.6 Å². The lowest BCUT2D eigenvalue weighted by molar-refractivity contribution is -0.384. The van der Waals surface area contributed by atoms with Crippen molar-refractivity contribution in [3.05, 3.63) is 62.7 Å². The summed E-state index contributed by atoms with van der Waals surface area (Å²) in [5.41, 5.74) is 0.847. The van der Waals surface area contributed by atoms with Crippen LogP contribution in [0.2, 0.25) is 5.02 Å². The van der Waals surface area contributed by atoms with Crippen LogP contribution in [0.15, 0.2) is 36.4 Å². The molecule has 10 heteroatoms. The number of hydrogen-bond acceptors (Lipinski definition) is 7. The number of carbonyl (C=O) groups excluding carboxylic acids is 2. The molecule has 1 aliphatic rings. The van der Waals surface area contributed by atoms with Crippen molar-refractivity contribution in [3.63, 3.8) is 0 Å². The monoisotopic (exact) mass is 435 g/mol. The van der Waals surface area contributed by atoms with Crippen molar-refractivity contribution in [3.8, 4) is 0 Å². The number of anilines is 2. The number of halogens is 1. The topological polar surface area (TPSA) is 102 Å². The molecule has 0 radical (unpaired) electrons. The van der Waals surface area contributed by atoms with E-state index in [4.69, 9.17) is 11.6 Å². The quantitative estimate of drug-likeness (QED) is 0.432. The third kappa shape index (κ3) is 4.99. The molecular weight excluding hydrogens is 418 g/mol. The number of carbonyl (C=O) groups is 2. The number of esters is 1. The number of benzene rings is 2. The van der Waals surface area contributed by atoms with Crippen LogP contribution in [0.1, 0.15) is 20.7 Å². The fraction of sp³-hybridized carbons (Fsp3) is 0.263. The van der Waals surface area contributed by atoms with Crippen LogP contribution in [0.4, 0.5) is 17.1 Å². The van der Waals surface area contributed by atoms with E-state index >= 15 is 0 Å². The second kappa shape index (κ2) is 9.15. The van der Waals surface area contributed by atoms with Gasteiger partial charge in [-0.15, -0.1) is 0 Å². The second-order valence-electron chi connectivity index (χ2n) is 6.24. The highest BCUT2D eigenvalue weighted by Gasteiger charge is 2.19. The van der Waals surface area contributed by atoms with Gasteiger partial charge in [0, 0.05) is 48.0 Å². The van der Waals surface area contributed by atoms with E-state index in [0.29, 0.717) is 10.7 Å². The normalized spacial score (nSPS) is 13.7. The van der Waals surface area contributed by atoms with Crippen LogP contribution in [-0.4, -0.2) is 48.5 Å². The van der Waals surface area contributed by atoms with Crippen molar-refractivity contribution >= 4 is 52.3 Å². The molecule has 1 fully saturated rings. The predicted molar refractivity (Wildman–Crippen MR) is 113 cm³/mol. The van der Waals surface area contributed by atoms with Crippen molar-refractivity contribution in [2.45, 2.75) is 0 Å². The zero-order valence-electron chi connectivity index (χ0n) is 15.5. The molecule has 0 aliphatic carbocycles. The van der Waals surface area contributed by atoms with Gasteiger partial charge in [0.1, 0.15) is 0 Å². The summed E-state index contributed by atoms with van der Waals surface area (Å²) in [6, 6.07) is 8.60. The van der Waals surface area contributed by atoms with Gasteiger partial charge >= 0.3 is 5.97 Å². The standard InChI is InChI=1S/C19H18ClN3O5S/c1-28-19(25)13-8-12(9-15(10-13)23(26)27)18(24)21-14-2-3-17(16(20)11-14)22-4-6-29-7-5-22/h2-3,8-11H,4-7H2,1H3,(H,21,24). The van der Waals surface area contributed by atoms with Gasteiger partial charge in [-0.25, -0.2) is 4.79 Å². The third-order valence-corrected chi connectivity index (χ3v) is 5.61. The summed E-state index contributed by atoms with van der Waals surface area (Å²) in [5.74, 6) is 0.695. The Hall–Kier alpha value is -2.78. The van der Waals surface area contributed by atoms with E-state index < -0.39 is 16.8 Å². The average Bonchev–Trinajstić information content (AvgIpc) is 2.73. The Balaban J connectivity index is 1.82. The van der Waals surface area contributed by atoms with E-state index in [1.165, 1.54) is 6.07 Å². The summed E-state index contributed by atoms with van der Waals surface area (Å²) in [4.78, 5) is 37.0. The van der Waals surface area contributed by atoms with Crippen LogP contribution in [0.3, 0.4) is 0 Å². The number of nitro benzene ring substituents is 1. The predicted octanol–water partition coefficient (Wildman–Crippen LogP) is 3.84. The SMILES string of the molecule is COC(=O)c1cc(C(=O)Nc2ccc(N3CCSCC3)c(Cl)c2)cc([N+](=O)[O-])c1. The minimum Gasteiger partial charge on any atom is -0.465 e. The van der Waals surface area contributed by atoms with Crippen molar-refractivity contribution in [1.82, 2.24) is 0 Å². The molecule has 2 aromatic rings. The summed E-state index contributed by atoms with van der Waals surface area (Å²) in [7, 11) is 1.16. The Morgan fingerprint density at radius 2 is 1.86 bits per heavy atom. The van der Waals surface area contributed by atoms with E-state index in [1.807, 2.05) is 17.8 Å². The lowest BCUT2D eigenvalue weighted by atomic mass is 10.1. The largest absolute Gasteiger partial charge is 0.465 e. The van der Waals surface area contributed by atoms with Gasteiger partial charge in [0.15, 0.2) is 0 Å². The van der Waals surface area contributed by atoms with Gasteiger partial charge in [-0.3, -0.25) is 14.9 Å². The third-order valence-electron chi connectivity index (χ3n) is 4.37. The van der Waals surface area contributed by atoms with E-state index in [0.717, 1.165) is 49.5 Å². The van der Waals surface area contributed by atoms with Gasteiger partial charge in [-0.2, -0.15) is 11.8 Å². The summed E-state index contributed by atoms with van der Waals surface area (Å²) in [5, 5.41) is 14.3. The number of nitrogens with one attached hydrogen (secondary N) is 1. The molecule has 8 nitrogen and oxygen atoms in total. The molecule has 0 spiro atoms. The van der Waals surface area contributed by atoms with Crippen LogP contribution >= 0.6 is 23.4 Å². The van der Waals surface area contributed by atoms with E-state index in [2.05, 4.69) is 15.0 Å². The Bertz CT molecular complexity index is 963. The highest BCUT2D eigenvalue weighted by atomic mass is 35.5. The molecule has 1 saturated heterocycles. The van der Waals surface area contributed by atoms with Crippen LogP contribution in [-0.2, 0) is 4.74 Å². The molecule has 0 bridgehead atoms. The number of methoxy groups -OCH3 is 1. The minimum atomic E-state index is -0.769. The maximum Gasteiger partial charge on any atom is 0.338 e. The number of non-ortho nitro benzene ring substituents is 1. The number of nitrogens with zero attached hydrogens (tertiary/aromatic N) is 2. The first-order chi connectivity index (χ1) is 13.9. The summed E-state index contributed by atoms with van der Waals surface area (Å²) >= 11 is 8.29. The first kappa shape index (κ1) is 20.9. The number of thioether (sulfide) groups is 1. The lowest BCUT2D eigenvalue weighted by Crippen LogP contribution is -2.32. The number of rotatable bonds is 5. The number of hydrogen-bond donors (Lipinski definition) is 1. The molecule has 0 saturated carbocycles. The highest BCUT2D eigenvalue weighted by molar-refractivity contribution is 7.99. The van der Waals surface area contributed by atoms with E-state index in [1.54, 1.807) is 12.1 Å². The molecule has 1 N–H and O–H groups in total. The maximum absolute atomic E-state index is 12.6. The lowest BCUT2D eigenvalue weighted by Gasteiger charge is -2.29. The molecule has 3 rings (SSSR count). The summed E-state index contributed by atoms with van der Waals surface area (Å²) in [6.07, 6.45) is 0. The van der Waals surface area contributed by atoms with Gasteiger partial charge in [-0.1, -0.05) is 11.6 Å². The van der Waals surface area contributed by atoms with Gasteiger partial charge in [-0.05, 0) is 24.3 Å². The molecule has 2 aromatic carbocycles. The van der Waals surface area contributed by atoms with Crippen LogP contribution in [0.5, 0.6) is 0 Å². The van der Waals surface area contributed by atoms with Gasteiger partial charge < -0.3 is 15.0 Å². The van der Waals surface area contributed by atoms with Crippen molar-refractivity contribution in [1.29, 1.82) is 0 Å². The van der Waals surface area contributed by atoms with Crippen LogP contribution in [0.25, 0.3) is 0 Å². The Labute approximate surface area is 176 Å². The van der Waals surface area contributed by atoms with Crippen LogP contribution in [0, 0.1) is 10.1 Å².